The molecule has 1 atom stereocenters. The van der Waals surface area contributed by atoms with E-state index in [-0.39, 0.29) is 0 Å². The molecule has 1 unspecified atom stereocenters. The van der Waals surface area contributed by atoms with Crippen LogP contribution in [0, 0.1) is 5.92 Å². The summed E-state index contributed by atoms with van der Waals surface area (Å²) in [7, 11) is 1.81. The summed E-state index contributed by atoms with van der Waals surface area (Å²) in [4.78, 5) is 0. The number of rotatable bonds is 3. The van der Waals surface area contributed by atoms with Gasteiger partial charge in [0.25, 0.3) is 0 Å². The molecule has 0 aliphatic heterocycles. The quantitative estimate of drug-likeness (QED) is 0.621. The highest BCUT2D eigenvalue weighted by molar-refractivity contribution is 5.06. The zero-order chi connectivity index (χ0) is 12.3. The van der Waals surface area contributed by atoms with Gasteiger partial charge >= 0.3 is 0 Å². The van der Waals surface area contributed by atoms with Gasteiger partial charge in [0.2, 0.25) is 0 Å². The molecule has 100 valence electrons. The Morgan fingerprint density at radius 3 is 2.24 bits per heavy atom. The van der Waals surface area contributed by atoms with Gasteiger partial charge in [-0.1, -0.05) is 57.1 Å². The fourth-order valence-electron chi connectivity index (χ4n) is 2.73. The first-order valence-electron chi connectivity index (χ1n) is 7.52. The molecule has 1 nitrogen and oxygen atoms in total. The van der Waals surface area contributed by atoms with Crippen LogP contribution in [-0.4, -0.2) is 13.7 Å². The van der Waals surface area contributed by atoms with E-state index >= 15 is 0 Å². The molecule has 0 bridgehead atoms. The summed E-state index contributed by atoms with van der Waals surface area (Å²) in [6.07, 6.45) is 16.5. The Labute approximate surface area is 108 Å². The Morgan fingerprint density at radius 1 is 1.00 bits per heavy atom. The third kappa shape index (κ3) is 6.88. The molecule has 0 radical (unpaired) electrons. The molecule has 0 aromatic rings. The van der Waals surface area contributed by atoms with E-state index in [4.69, 9.17) is 4.74 Å². The van der Waals surface area contributed by atoms with E-state index in [9.17, 15) is 0 Å². The topological polar surface area (TPSA) is 9.23 Å². The van der Waals surface area contributed by atoms with E-state index in [1.807, 2.05) is 7.11 Å². The summed E-state index contributed by atoms with van der Waals surface area (Å²) in [6.45, 7) is 3.19. The number of methoxy groups -OCH3 is 1. The predicted octanol–water partition coefficient (Wildman–Crippen LogP) is 5.11. The molecule has 0 amide bonds. The van der Waals surface area contributed by atoms with Gasteiger partial charge in [-0.3, -0.25) is 0 Å². The monoisotopic (exact) mass is 238 g/mol. The van der Waals surface area contributed by atoms with Crippen LogP contribution in [0.3, 0.4) is 0 Å². The molecule has 0 fully saturated rings. The van der Waals surface area contributed by atoms with E-state index in [0.29, 0.717) is 5.92 Å². The largest absolute Gasteiger partial charge is 0.384 e. The van der Waals surface area contributed by atoms with Crippen LogP contribution in [0.25, 0.3) is 0 Å². The van der Waals surface area contributed by atoms with Gasteiger partial charge in [-0.15, -0.1) is 0 Å². The highest BCUT2D eigenvalue weighted by atomic mass is 16.5. The summed E-state index contributed by atoms with van der Waals surface area (Å²) in [5.41, 5.74) is 1.65. The molecule has 0 spiro atoms. The van der Waals surface area contributed by atoms with Crippen molar-refractivity contribution in [1.29, 1.82) is 0 Å². The number of hydrogen-bond donors (Lipinski definition) is 0. The van der Waals surface area contributed by atoms with E-state index in [2.05, 4.69) is 13.0 Å². The number of hydrogen-bond acceptors (Lipinski definition) is 1. The van der Waals surface area contributed by atoms with Crippen molar-refractivity contribution in [3.05, 3.63) is 11.6 Å². The van der Waals surface area contributed by atoms with Crippen molar-refractivity contribution in [2.24, 2.45) is 5.92 Å². The summed E-state index contributed by atoms with van der Waals surface area (Å²) in [5, 5.41) is 0. The second kappa shape index (κ2) is 9.70. The van der Waals surface area contributed by atoms with E-state index in [0.717, 1.165) is 6.61 Å². The number of ether oxygens (including phenoxy) is 1. The number of allylic oxidation sites excluding steroid dienone is 1. The molecule has 1 heteroatoms. The molecule has 0 aromatic heterocycles. The van der Waals surface area contributed by atoms with Gasteiger partial charge in [0.1, 0.15) is 0 Å². The minimum atomic E-state index is 0.614. The maximum absolute atomic E-state index is 5.29. The fourth-order valence-corrected chi connectivity index (χ4v) is 2.73. The molecule has 1 aliphatic rings. The Morgan fingerprint density at radius 2 is 1.59 bits per heavy atom. The van der Waals surface area contributed by atoms with Gasteiger partial charge in [0, 0.05) is 13.0 Å². The van der Waals surface area contributed by atoms with Gasteiger partial charge in [0.15, 0.2) is 0 Å². The van der Waals surface area contributed by atoms with Gasteiger partial charge in [-0.2, -0.15) is 0 Å². The minimum absolute atomic E-state index is 0.614. The van der Waals surface area contributed by atoms with E-state index < -0.39 is 0 Å². The molecular formula is C16H30O. The molecule has 1 rings (SSSR count). The van der Waals surface area contributed by atoms with E-state index in [1.54, 1.807) is 5.57 Å². The molecule has 17 heavy (non-hydrogen) atoms. The van der Waals surface area contributed by atoms with Gasteiger partial charge in [0.05, 0.1) is 6.61 Å². The standard InChI is InChI=1S/C16H30O/c1-15(14-17-2)16-12-10-8-6-4-3-5-7-9-11-13-16/h12,15H,3-11,13-14H2,1-2H3/b16-12-. The summed E-state index contributed by atoms with van der Waals surface area (Å²) < 4.78 is 5.29. The van der Waals surface area contributed by atoms with Gasteiger partial charge in [-0.05, 0) is 25.7 Å². The van der Waals surface area contributed by atoms with Crippen LogP contribution in [0.4, 0.5) is 0 Å². The molecule has 0 saturated carbocycles. The summed E-state index contributed by atoms with van der Waals surface area (Å²) in [6, 6.07) is 0. The second-order valence-corrected chi connectivity index (χ2v) is 5.50. The zero-order valence-corrected chi connectivity index (χ0v) is 11.8. The smallest absolute Gasteiger partial charge is 0.0525 e. The van der Waals surface area contributed by atoms with Crippen LogP contribution in [-0.2, 0) is 4.74 Å². The highest BCUT2D eigenvalue weighted by Gasteiger charge is 2.08. The van der Waals surface area contributed by atoms with Gasteiger partial charge < -0.3 is 4.74 Å². The molecule has 0 N–H and O–H groups in total. The summed E-state index contributed by atoms with van der Waals surface area (Å²) >= 11 is 0. The minimum Gasteiger partial charge on any atom is -0.384 e. The van der Waals surface area contributed by atoms with Crippen LogP contribution in [0.2, 0.25) is 0 Å². The molecule has 0 saturated heterocycles. The van der Waals surface area contributed by atoms with Crippen LogP contribution < -0.4 is 0 Å². The molecule has 0 aromatic carbocycles. The summed E-state index contributed by atoms with van der Waals surface area (Å²) in [5.74, 6) is 0.614. The van der Waals surface area contributed by atoms with Crippen LogP contribution in [0.15, 0.2) is 11.6 Å². The fraction of sp³-hybridized carbons (Fsp3) is 0.875. The van der Waals surface area contributed by atoms with Crippen LogP contribution in [0.5, 0.6) is 0 Å². The second-order valence-electron chi connectivity index (χ2n) is 5.50. The first-order chi connectivity index (χ1) is 8.34. The predicted molar refractivity (Wildman–Crippen MR) is 75.3 cm³/mol. The lowest BCUT2D eigenvalue weighted by atomic mass is 9.93. The average molecular weight is 238 g/mol. The zero-order valence-electron chi connectivity index (χ0n) is 11.8. The van der Waals surface area contributed by atoms with Crippen LogP contribution >= 0.6 is 0 Å². The highest BCUT2D eigenvalue weighted by Crippen LogP contribution is 2.22. The first kappa shape index (κ1) is 14.8. The lowest BCUT2D eigenvalue weighted by Gasteiger charge is -2.16. The van der Waals surface area contributed by atoms with Crippen molar-refractivity contribution in [3.8, 4) is 0 Å². The Bertz CT molecular complexity index is 208. The third-order valence-corrected chi connectivity index (χ3v) is 3.88. The van der Waals surface area contributed by atoms with Crippen molar-refractivity contribution in [2.45, 2.75) is 71.1 Å². The Balaban J connectivity index is 2.44. The lowest BCUT2D eigenvalue weighted by molar-refractivity contribution is 0.170. The van der Waals surface area contributed by atoms with Crippen molar-refractivity contribution >= 4 is 0 Å². The lowest BCUT2D eigenvalue weighted by Crippen LogP contribution is -2.07. The SMILES string of the molecule is COCC(C)/C1=C\CCCCCCCCCC1. The Hall–Kier alpha value is -0.300. The van der Waals surface area contributed by atoms with Crippen molar-refractivity contribution in [3.63, 3.8) is 0 Å². The molecular weight excluding hydrogens is 208 g/mol. The van der Waals surface area contributed by atoms with Crippen LogP contribution in [0.1, 0.15) is 71.1 Å². The van der Waals surface area contributed by atoms with Crippen molar-refractivity contribution in [1.82, 2.24) is 0 Å². The Kier molecular flexibility index (Phi) is 8.42. The third-order valence-electron chi connectivity index (χ3n) is 3.88. The normalized spacial score (nSPS) is 25.2. The maximum Gasteiger partial charge on any atom is 0.0525 e. The molecule has 1 aliphatic carbocycles. The van der Waals surface area contributed by atoms with Crippen molar-refractivity contribution < 1.29 is 4.74 Å². The van der Waals surface area contributed by atoms with Crippen molar-refractivity contribution in [2.75, 3.05) is 13.7 Å². The average Bonchev–Trinajstić information content (AvgIpc) is 2.30. The maximum atomic E-state index is 5.29. The van der Waals surface area contributed by atoms with E-state index in [1.165, 1.54) is 64.2 Å². The first-order valence-corrected chi connectivity index (χ1v) is 7.52. The van der Waals surface area contributed by atoms with Gasteiger partial charge in [-0.25, -0.2) is 0 Å². The molecule has 0 heterocycles.